The molecule has 0 saturated heterocycles. The van der Waals surface area contributed by atoms with Crippen molar-refractivity contribution in [1.82, 2.24) is 14.6 Å². The molecule has 2 aromatic heterocycles. The number of benzene rings is 2. The van der Waals surface area contributed by atoms with Crippen molar-refractivity contribution in [1.29, 1.82) is 0 Å². The van der Waals surface area contributed by atoms with Gasteiger partial charge in [-0.1, -0.05) is 46.7 Å². The van der Waals surface area contributed by atoms with Crippen LogP contribution < -0.4 is 10.1 Å². The summed E-state index contributed by atoms with van der Waals surface area (Å²) in [4.78, 5) is 17.5. The number of hydrogen-bond donors (Lipinski definition) is 0. The average Bonchev–Trinajstić information content (AvgIpc) is 3.11. The Bertz CT molecular complexity index is 1130. The largest absolute Gasteiger partial charge is 0.291 e. The molecule has 4 rings (SSSR count). The third-order valence-electron chi connectivity index (χ3n) is 3.45. The second-order valence-corrected chi connectivity index (χ2v) is 6.99. The summed E-state index contributed by atoms with van der Waals surface area (Å²) in [5.41, 5.74) is 1.54. The molecule has 0 radical (unpaired) electrons. The fourth-order valence-corrected chi connectivity index (χ4v) is 3.43. The Morgan fingerprint density at radius 3 is 2.21 bits per heavy atom. The number of rotatable bonds is 2. The fourth-order valence-electron chi connectivity index (χ4n) is 2.27. The zero-order valence-corrected chi connectivity index (χ0v) is 14.4. The predicted octanol–water partition coefficient (Wildman–Crippen LogP) is 3.67. The summed E-state index contributed by atoms with van der Waals surface area (Å²) >= 11 is 13.1. The average molecular weight is 374 g/mol. The van der Waals surface area contributed by atoms with Gasteiger partial charge in [0.05, 0.1) is 4.53 Å². The van der Waals surface area contributed by atoms with E-state index in [9.17, 15) is 4.79 Å². The lowest BCUT2D eigenvalue weighted by Crippen LogP contribution is -2.23. The van der Waals surface area contributed by atoms with Crippen LogP contribution in [0.4, 0.5) is 0 Å². The maximum absolute atomic E-state index is 12.5. The first-order chi connectivity index (χ1) is 11.6. The second kappa shape index (κ2) is 6.02. The van der Waals surface area contributed by atoms with Crippen molar-refractivity contribution in [2.45, 2.75) is 0 Å². The van der Waals surface area contributed by atoms with E-state index in [1.165, 1.54) is 15.9 Å². The smallest absolute Gasteiger partial charge is 0.266 e. The van der Waals surface area contributed by atoms with Gasteiger partial charge in [-0.25, -0.2) is 0 Å². The molecule has 0 fully saturated rings. The highest BCUT2D eigenvalue weighted by atomic mass is 35.5. The third-order valence-corrected chi connectivity index (χ3v) is 4.92. The van der Waals surface area contributed by atoms with Gasteiger partial charge in [-0.05, 0) is 48.0 Å². The molecule has 2 heterocycles. The van der Waals surface area contributed by atoms with E-state index in [4.69, 9.17) is 23.2 Å². The molecule has 7 heteroatoms. The van der Waals surface area contributed by atoms with Crippen LogP contribution in [0.3, 0.4) is 0 Å². The van der Waals surface area contributed by atoms with Gasteiger partial charge in [-0.2, -0.15) is 9.50 Å². The van der Waals surface area contributed by atoms with Gasteiger partial charge in [0.2, 0.25) is 4.96 Å². The van der Waals surface area contributed by atoms with Crippen LogP contribution in [0.1, 0.15) is 5.56 Å². The van der Waals surface area contributed by atoms with E-state index in [0.717, 1.165) is 11.1 Å². The molecule has 118 valence electrons. The number of nitrogens with zero attached hydrogens (tertiary/aromatic N) is 3. The standard InChI is InChI=1S/C17H9Cl2N3OS/c18-12-5-1-10(2-6-12)9-14-16(23)22-17(24-14)20-15(21-22)11-3-7-13(19)8-4-11/h1-9H/b14-9-. The summed E-state index contributed by atoms with van der Waals surface area (Å²) < 4.78 is 1.91. The number of aromatic nitrogens is 3. The van der Waals surface area contributed by atoms with E-state index in [2.05, 4.69) is 10.1 Å². The van der Waals surface area contributed by atoms with Crippen LogP contribution in [-0.4, -0.2) is 14.6 Å². The fraction of sp³-hybridized carbons (Fsp3) is 0. The van der Waals surface area contributed by atoms with E-state index in [1.54, 1.807) is 24.3 Å². The normalized spacial score (nSPS) is 12.2. The summed E-state index contributed by atoms with van der Waals surface area (Å²) in [6, 6.07) is 14.5. The lowest BCUT2D eigenvalue weighted by atomic mass is 10.2. The monoisotopic (exact) mass is 373 g/mol. The Morgan fingerprint density at radius 1 is 0.958 bits per heavy atom. The van der Waals surface area contributed by atoms with Gasteiger partial charge in [0.15, 0.2) is 5.82 Å². The topological polar surface area (TPSA) is 47.3 Å². The highest BCUT2D eigenvalue weighted by molar-refractivity contribution is 7.15. The minimum absolute atomic E-state index is 0.183. The molecule has 0 aliphatic rings. The lowest BCUT2D eigenvalue weighted by molar-refractivity contribution is 0.937. The molecular weight excluding hydrogens is 365 g/mol. The van der Waals surface area contributed by atoms with E-state index >= 15 is 0 Å². The zero-order chi connectivity index (χ0) is 16.7. The lowest BCUT2D eigenvalue weighted by Gasteiger charge is -1.94. The predicted molar refractivity (Wildman–Crippen MR) is 97.8 cm³/mol. The highest BCUT2D eigenvalue weighted by Gasteiger charge is 2.11. The van der Waals surface area contributed by atoms with Crippen LogP contribution in [-0.2, 0) is 0 Å². The molecule has 0 N–H and O–H groups in total. The van der Waals surface area contributed by atoms with Crippen molar-refractivity contribution < 1.29 is 0 Å². The number of hydrogen-bond acceptors (Lipinski definition) is 4. The van der Waals surface area contributed by atoms with Crippen molar-refractivity contribution in [2.24, 2.45) is 0 Å². The van der Waals surface area contributed by atoms with Crippen LogP contribution >= 0.6 is 34.5 Å². The van der Waals surface area contributed by atoms with Gasteiger partial charge in [0, 0.05) is 15.6 Å². The van der Waals surface area contributed by atoms with E-state index < -0.39 is 0 Å². The molecule has 0 bridgehead atoms. The minimum atomic E-state index is -0.183. The van der Waals surface area contributed by atoms with Gasteiger partial charge in [0.25, 0.3) is 5.56 Å². The van der Waals surface area contributed by atoms with Crippen LogP contribution in [0.5, 0.6) is 0 Å². The molecule has 0 aliphatic heterocycles. The molecular formula is C17H9Cl2N3OS. The molecule has 0 amide bonds. The van der Waals surface area contributed by atoms with Gasteiger partial charge in [-0.3, -0.25) is 4.79 Å². The van der Waals surface area contributed by atoms with Crippen LogP contribution in [0.15, 0.2) is 53.3 Å². The van der Waals surface area contributed by atoms with Crippen LogP contribution in [0.25, 0.3) is 22.4 Å². The summed E-state index contributed by atoms with van der Waals surface area (Å²) in [7, 11) is 0. The van der Waals surface area contributed by atoms with Crippen molar-refractivity contribution >= 4 is 45.6 Å². The highest BCUT2D eigenvalue weighted by Crippen LogP contribution is 2.19. The molecule has 24 heavy (non-hydrogen) atoms. The number of thiazole rings is 1. The van der Waals surface area contributed by atoms with E-state index in [-0.39, 0.29) is 5.56 Å². The minimum Gasteiger partial charge on any atom is -0.266 e. The van der Waals surface area contributed by atoms with Crippen LogP contribution in [0, 0.1) is 0 Å². The molecule has 2 aromatic carbocycles. The first-order valence-electron chi connectivity index (χ1n) is 7.03. The summed E-state index contributed by atoms with van der Waals surface area (Å²) in [6.45, 7) is 0. The van der Waals surface area contributed by atoms with Gasteiger partial charge in [0.1, 0.15) is 0 Å². The quantitative estimate of drug-likeness (QED) is 0.538. The molecule has 0 atom stereocenters. The molecule has 4 aromatic rings. The van der Waals surface area contributed by atoms with E-state index in [1.807, 2.05) is 30.3 Å². The van der Waals surface area contributed by atoms with Crippen LogP contribution in [0.2, 0.25) is 10.0 Å². The molecule has 0 saturated carbocycles. The maximum atomic E-state index is 12.5. The Balaban J connectivity index is 1.79. The van der Waals surface area contributed by atoms with Gasteiger partial charge >= 0.3 is 0 Å². The van der Waals surface area contributed by atoms with Crippen molar-refractivity contribution in [3.8, 4) is 11.4 Å². The zero-order valence-electron chi connectivity index (χ0n) is 12.1. The van der Waals surface area contributed by atoms with Gasteiger partial charge < -0.3 is 0 Å². The summed E-state index contributed by atoms with van der Waals surface area (Å²) in [5, 5.41) is 5.61. The van der Waals surface area contributed by atoms with Crippen molar-refractivity contribution in [3.63, 3.8) is 0 Å². The molecule has 0 unspecified atom stereocenters. The van der Waals surface area contributed by atoms with Crippen molar-refractivity contribution in [2.75, 3.05) is 0 Å². The first kappa shape index (κ1) is 15.3. The molecule has 0 aliphatic carbocycles. The van der Waals surface area contributed by atoms with Crippen molar-refractivity contribution in [3.05, 3.63) is 79.0 Å². The second-order valence-electron chi connectivity index (χ2n) is 5.10. The van der Waals surface area contributed by atoms with E-state index in [0.29, 0.717) is 25.4 Å². The Morgan fingerprint density at radius 2 is 1.58 bits per heavy atom. The molecule has 0 spiro atoms. The SMILES string of the molecule is O=c1/c(=C/c2ccc(Cl)cc2)sc2nc(-c3ccc(Cl)cc3)nn12. The third kappa shape index (κ3) is 2.82. The summed E-state index contributed by atoms with van der Waals surface area (Å²) in [5.74, 6) is 0.507. The Labute approximate surface area is 150 Å². The summed E-state index contributed by atoms with van der Waals surface area (Å²) in [6.07, 6.45) is 1.81. The Kier molecular flexibility index (Phi) is 3.84. The first-order valence-corrected chi connectivity index (χ1v) is 8.60. The Hall–Kier alpha value is -2.21. The number of halogens is 2. The van der Waals surface area contributed by atoms with Gasteiger partial charge in [-0.15, -0.1) is 5.10 Å². The molecule has 4 nitrogen and oxygen atoms in total. The number of fused-ring (bicyclic) bond motifs is 1. The maximum Gasteiger partial charge on any atom is 0.291 e.